The molecule has 0 aliphatic rings. The average Bonchev–Trinajstić information content (AvgIpc) is 2.63. The number of amides is 2. The number of carboxylic acid groups (broad SMARTS) is 1. The Morgan fingerprint density at radius 1 is 1.11 bits per heavy atom. The molecule has 2 rings (SSSR count). The first-order valence-electron chi connectivity index (χ1n) is 8.29. The summed E-state index contributed by atoms with van der Waals surface area (Å²) >= 11 is 6.98. The minimum absolute atomic E-state index is 0.0792. The molecule has 0 saturated carbocycles. The highest BCUT2D eigenvalue weighted by Gasteiger charge is 2.16. The number of carbonyl (C=O) groups is 3. The number of carboxylic acids is 1. The molecule has 1 atom stereocenters. The Labute approximate surface area is 170 Å². The maximum absolute atomic E-state index is 13.2. The normalized spacial score (nSPS) is 11.5. The van der Waals surface area contributed by atoms with Gasteiger partial charge in [0.15, 0.2) is 0 Å². The summed E-state index contributed by atoms with van der Waals surface area (Å²) in [5, 5.41) is 13.4. The second kappa shape index (κ2) is 10.1. The first-order chi connectivity index (χ1) is 13.2. The van der Waals surface area contributed by atoms with Crippen molar-refractivity contribution in [2.24, 2.45) is 0 Å². The smallest absolute Gasteiger partial charge is 0.303 e. The van der Waals surface area contributed by atoms with Crippen LogP contribution in [-0.4, -0.2) is 28.1 Å². The quantitative estimate of drug-likeness (QED) is 0.546. The summed E-state index contributed by atoms with van der Waals surface area (Å²) in [6.07, 6.45) is -0.364. The predicted molar refractivity (Wildman–Crippen MR) is 107 cm³/mol. The van der Waals surface area contributed by atoms with E-state index in [2.05, 4.69) is 10.6 Å². The summed E-state index contributed by atoms with van der Waals surface area (Å²) in [5.41, 5.74) is 0.904. The summed E-state index contributed by atoms with van der Waals surface area (Å²) in [6.45, 7) is 1.71. The molecule has 2 amide bonds. The number of benzene rings is 2. The summed E-state index contributed by atoms with van der Waals surface area (Å²) in [5.74, 6) is -2.29. The van der Waals surface area contributed by atoms with Crippen molar-refractivity contribution in [3.05, 3.63) is 53.3 Å². The monoisotopic (exact) mass is 424 g/mol. The van der Waals surface area contributed by atoms with Crippen LogP contribution in [0.3, 0.4) is 0 Å². The topological polar surface area (TPSA) is 95.5 Å². The highest BCUT2D eigenvalue weighted by molar-refractivity contribution is 8.00. The minimum atomic E-state index is -1.04. The van der Waals surface area contributed by atoms with Crippen molar-refractivity contribution in [3.63, 3.8) is 0 Å². The number of aliphatic carboxylic acids is 1. The lowest BCUT2D eigenvalue weighted by molar-refractivity contribution is -0.138. The van der Waals surface area contributed by atoms with Gasteiger partial charge in [0.2, 0.25) is 11.8 Å². The van der Waals surface area contributed by atoms with Crippen LogP contribution in [0.25, 0.3) is 0 Å². The fourth-order valence-electron chi connectivity index (χ4n) is 2.17. The van der Waals surface area contributed by atoms with Gasteiger partial charge >= 0.3 is 5.97 Å². The van der Waals surface area contributed by atoms with E-state index in [1.54, 1.807) is 31.2 Å². The second-order valence-corrected chi connectivity index (χ2v) is 7.67. The van der Waals surface area contributed by atoms with Crippen molar-refractivity contribution in [3.8, 4) is 0 Å². The van der Waals surface area contributed by atoms with E-state index in [4.69, 9.17) is 16.7 Å². The van der Waals surface area contributed by atoms with E-state index in [0.29, 0.717) is 11.4 Å². The van der Waals surface area contributed by atoms with E-state index in [9.17, 15) is 18.8 Å². The summed E-state index contributed by atoms with van der Waals surface area (Å²) in [7, 11) is 0. The van der Waals surface area contributed by atoms with Crippen molar-refractivity contribution in [2.45, 2.75) is 29.9 Å². The summed E-state index contributed by atoms with van der Waals surface area (Å²) < 4.78 is 13.2. The third-order valence-corrected chi connectivity index (χ3v) is 4.94. The van der Waals surface area contributed by atoms with Gasteiger partial charge in [-0.05, 0) is 43.3 Å². The number of halogens is 2. The molecular formula is C19H18ClFN2O4S. The maximum Gasteiger partial charge on any atom is 0.303 e. The molecule has 3 N–H and O–H groups in total. The van der Waals surface area contributed by atoms with Gasteiger partial charge in [0, 0.05) is 22.7 Å². The molecular weight excluding hydrogens is 407 g/mol. The van der Waals surface area contributed by atoms with Gasteiger partial charge < -0.3 is 15.7 Å². The average molecular weight is 425 g/mol. The number of carbonyl (C=O) groups excluding carboxylic acids is 2. The molecule has 0 bridgehead atoms. The number of anilines is 2. The van der Waals surface area contributed by atoms with Crippen LogP contribution < -0.4 is 10.6 Å². The van der Waals surface area contributed by atoms with E-state index < -0.39 is 22.9 Å². The van der Waals surface area contributed by atoms with E-state index >= 15 is 0 Å². The lowest BCUT2D eigenvalue weighted by atomic mass is 10.2. The van der Waals surface area contributed by atoms with Crippen molar-refractivity contribution in [2.75, 3.05) is 10.6 Å². The molecule has 0 heterocycles. The Bertz CT molecular complexity index is 894. The molecule has 0 saturated heterocycles. The molecule has 0 aliphatic heterocycles. The third kappa shape index (κ3) is 6.86. The van der Waals surface area contributed by atoms with Crippen LogP contribution in [0.1, 0.15) is 19.8 Å². The molecule has 1 unspecified atom stereocenters. The van der Waals surface area contributed by atoms with Gasteiger partial charge in [-0.25, -0.2) is 4.39 Å². The number of thioether (sulfide) groups is 1. The maximum atomic E-state index is 13.2. The Kier molecular flexibility index (Phi) is 7.83. The zero-order chi connectivity index (χ0) is 20.7. The second-order valence-electron chi connectivity index (χ2n) is 5.85. The van der Waals surface area contributed by atoms with Gasteiger partial charge in [0.25, 0.3) is 0 Å². The van der Waals surface area contributed by atoms with E-state index in [0.717, 1.165) is 4.90 Å². The van der Waals surface area contributed by atoms with Crippen LogP contribution in [-0.2, 0) is 14.4 Å². The Balaban J connectivity index is 1.94. The number of hydrogen-bond donors (Lipinski definition) is 3. The van der Waals surface area contributed by atoms with Crippen molar-refractivity contribution < 1.29 is 23.9 Å². The molecule has 148 valence electrons. The molecule has 2 aromatic carbocycles. The highest BCUT2D eigenvalue weighted by atomic mass is 35.5. The number of nitrogens with one attached hydrogen (secondary N) is 2. The fourth-order valence-corrected chi connectivity index (χ4v) is 3.27. The van der Waals surface area contributed by atoms with Gasteiger partial charge in [-0.15, -0.1) is 11.8 Å². The molecule has 0 spiro atoms. The summed E-state index contributed by atoms with van der Waals surface area (Å²) in [6, 6.07) is 10.8. The van der Waals surface area contributed by atoms with Crippen LogP contribution in [0.15, 0.2) is 47.4 Å². The van der Waals surface area contributed by atoms with Gasteiger partial charge in [0.05, 0.1) is 16.7 Å². The molecule has 2 aromatic rings. The predicted octanol–water partition coefficient (Wildman–Crippen LogP) is 4.40. The molecule has 6 nitrogen and oxygen atoms in total. The van der Waals surface area contributed by atoms with Gasteiger partial charge in [-0.2, -0.15) is 0 Å². The van der Waals surface area contributed by atoms with Crippen molar-refractivity contribution in [1.29, 1.82) is 0 Å². The SMILES string of the molecule is CC(Sc1cccc(NC(=O)CCC(=O)O)c1)C(=O)Nc1ccc(F)c(Cl)c1. The van der Waals surface area contributed by atoms with Crippen LogP contribution in [0.2, 0.25) is 5.02 Å². The fraction of sp³-hybridized carbons (Fsp3) is 0.211. The lowest BCUT2D eigenvalue weighted by Crippen LogP contribution is -2.22. The van der Waals surface area contributed by atoms with E-state index in [1.165, 1.54) is 30.0 Å². The first kappa shape index (κ1) is 21.7. The molecule has 28 heavy (non-hydrogen) atoms. The molecule has 0 fully saturated rings. The zero-order valence-corrected chi connectivity index (χ0v) is 16.4. The van der Waals surface area contributed by atoms with Gasteiger partial charge in [-0.1, -0.05) is 17.7 Å². The van der Waals surface area contributed by atoms with Crippen molar-refractivity contribution in [1.82, 2.24) is 0 Å². The van der Waals surface area contributed by atoms with Gasteiger partial charge in [-0.3, -0.25) is 14.4 Å². The van der Waals surface area contributed by atoms with Crippen LogP contribution in [0.5, 0.6) is 0 Å². The molecule has 9 heteroatoms. The largest absolute Gasteiger partial charge is 0.481 e. The van der Waals surface area contributed by atoms with Crippen LogP contribution in [0, 0.1) is 5.82 Å². The number of rotatable bonds is 8. The molecule has 0 radical (unpaired) electrons. The van der Waals surface area contributed by atoms with E-state index in [1.807, 2.05) is 0 Å². The summed E-state index contributed by atoms with van der Waals surface area (Å²) in [4.78, 5) is 35.3. The van der Waals surface area contributed by atoms with Crippen molar-refractivity contribution >= 4 is 52.5 Å². The zero-order valence-electron chi connectivity index (χ0n) is 14.9. The highest BCUT2D eigenvalue weighted by Crippen LogP contribution is 2.27. The lowest BCUT2D eigenvalue weighted by Gasteiger charge is -2.13. The minimum Gasteiger partial charge on any atom is -0.481 e. The Morgan fingerprint density at radius 2 is 1.82 bits per heavy atom. The Hall–Kier alpha value is -2.58. The first-order valence-corrected chi connectivity index (χ1v) is 9.54. The molecule has 0 aliphatic carbocycles. The Morgan fingerprint density at radius 3 is 2.50 bits per heavy atom. The van der Waals surface area contributed by atoms with Crippen LogP contribution >= 0.6 is 23.4 Å². The number of hydrogen-bond acceptors (Lipinski definition) is 4. The third-order valence-electron chi connectivity index (χ3n) is 3.55. The molecule has 0 aromatic heterocycles. The van der Waals surface area contributed by atoms with E-state index in [-0.39, 0.29) is 23.8 Å². The van der Waals surface area contributed by atoms with Crippen LogP contribution in [0.4, 0.5) is 15.8 Å². The van der Waals surface area contributed by atoms with Gasteiger partial charge in [0.1, 0.15) is 5.82 Å². The standard InChI is InChI=1S/C19H18ClFN2O4S/c1-11(19(27)23-13-5-6-16(21)15(20)10-13)28-14-4-2-3-12(9-14)22-17(24)7-8-18(25)26/h2-6,9-11H,7-8H2,1H3,(H,22,24)(H,23,27)(H,25,26).